The minimum absolute atomic E-state index is 0.120. The highest BCUT2D eigenvalue weighted by atomic mass is 35.5. The Morgan fingerprint density at radius 1 is 1.12 bits per heavy atom. The molecule has 0 radical (unpaired) electrons. The van der Waals surface area contributed by atoms with E-state index in [2.05, 4.69) is 19.9 Å². The summed E-state index contributed by atoms with van der Waals surface area (Å²) in [7, 11) is 0. The van der Waals surface area contributed by atoms with E-state index in [-0.39, 0.29) is 17.2 Å². The number of hydrogen-bond donors (Lipinski definition) is 1. The monoisotopic (exact) mass is 592 g/mol. The van der Waals surface area contributed by atoms with E-state index < -0.39 is 24.0 Å². The minimum atomic E-state index is -5.07. The maximum atomic E-state index is 14.8. The van der Waals surface area contributed by atoms with Gasteiger partial charge in [-0.1, -0.05) is 47.5 Å². The van der Waals surface area contributed by atoms with E-state index >= 15 is 0 Å². The van der Waals surface area contributed by atoms with Crippen LogP contribution in [0.2, 0.25) is 10.2 Å². The fourth-order valence-electron chi connectivity index (χ4n) is 4.72. The number of nitrogens with one attached hydrogen (secondary N) is 1. The topological polar surface area (TPSA) is 59.4 Å². The summed E-state index contributed by atoms with van der Waals surface area (Å²) in [5, 5.41) is 3.99. The summed E-state index contributed by atoms with van der Waals surface area (Å²) >= 11 is 11.9. The molecule has 0 atom stereocenters. The second kappa shape index (κ2) is 11.5. The van der Waals surface area contributed by atoms with Gasteiger partial charge in [-0.15, -0.1) is 13.2 Å². The molecule has 1 amide bonds. The molecule has 12 heteroatoms. The second-order valence-electron chi connectivity index (χ2n) is 9.19. The van der Waals surface area contributed by atoms with Crippen LogP contribution in [0.5, 0.6) is 5.75 Å². The first kappa shape index (κ1) is 27.9. The number of ether oxygens (including phenoxy) is 1. The van der Waals surface area contributed by atoms with Crippen LogP contribution in [0, 0.1) is 5.82 Å². The third-order valence-electron chi connectivity index (χ3n) is 6.49. The van der Waals surface area contributed by atoms with Crippen LogP contribution >= 0.6 is 23.2 Å². The van der Waals surface area contributed by atoms with Crippen molar-refractivity contribution in [2.75, 3.05) is 13.1 Å². The number of rotatable bonds is 6. The Balaban J connectivity index is 1.45. The van der Waals surface area contributed by atoms with Crippen molar-refractivity contribution in [3.05, 3.63) is 99.2 Å². The maximum Gasteiger partial charge on any atom is 0.573 e. The van der Waals surface area contributed by atoms with Crippen LogP contribution in [0.3, 0.4) is 0 Å². The molecule has 0 saturated heterocycles. The number of carbonyl (C=O) groups is 1. The first-order valence-electron chi connectivity index (χ1n) is 12.2. The molecule has 0 aliphatic carbocycles. The third-order valence-corrected chi connectivity index (χ3v) is 6.95. The number of hydrogen-bond acceptors (Lipinski definition) is 4. The maximum absolute atomic E-state index is 14.8. The van der Waals surface area contributed by atoms with Gasteiger partial charge in [0.1, 0.15) is 5.15 Å². The van der Waals surface area contributed by atoms with Crippen LogP contribution in [0.15, 0.2) is 60.8 Å². The minimum Gasteiger partial charge on any atom is -0.403 e. The van der Waals surface area contributed by atoms with Crippen molar-refractivity contribution in [1.29, 1.82) is 0 Å². The molecule has 40 heavy (non-hydrogen) atoms. The Morgan fingerprint density at radius 3 is 2.62 bits per heavy atom. The standard InChI is InChI=1S/C28H22Cl2F4N4O2/c29-19-5-3-17(4-6-19)2-1-10-37-11-8-23-21(16-37)20-13-25(40-28(32,33)34)22(31)14-24(20)38(23)27(39)36-15-18-7-9-35-26(30)12-18/h1-7,9,12-14H,8,10-11,15-16H2,(H,36,39)/b2-1+. The van der Waals surface area contributed by atoms with Gasteiger partial charge in [0.05, 0.1) is 5.52 Å². The molecule has 0 unspecified atom stereocenters. The molecule has 0 bridgehead atoms. The first-order chi connectivity index (χ1) is 19.1. The van der Waals surface area contributed by atoms with Crippen LogP contribution in [0.4, 0.5) is 22.4 Å². The quantitative estimate of drug-likeness (QED) is 0.190. The van der Waals surface area contributed by atoms with E-state index in [9.17, 15) is 22.4 Å². The zero-order valence-corrected chi connectivity index (χ0v) is 22.3. The molecule has 1 aliphatic heterocycles. The van der Waals surface area contributed by atoms with Crippen LogP contribution < -0.4 is 10.1 Å². The van der Waals surface area contributed by atoms with Crippen molar-refractivity contribution in [1.82, 2.24) is 19.8 Å². The highest BCUT2D eigenvalue weighted by Gasteiger charge is 2.34. The SMILES string of the molecule is O=C(NCc1ccnc(Cl)c1)n1c2c(c3cc(OC(F)(F)F)c(F)cc31)CN(C/C=C/c1ccc(Cl)cc1)CC2. The van der Waals surface area contributed by atoms with Crippen LogP contribution in [0.25, 0.3) is 17.0 Å². The zero-order chi connectivity index (χ0) is 28.4. The number of alkyl halides is 3. The summed E-state index contributed by atoms with van der Waals surface area (Å²) in [6.07, 6.45) is 0.768. The highest BCUT2D eigenvalue weighted by Crippen LogP contribution is 2.36. The van der Waals surface area contributed by atoms with Crippen LogP contribution in [-0.4, -0.2) is 39.9 Å². The molecule has 2 aromatic carbocycles. The van der Waals surface area contributed by atoms with E-state index in [1.807, 2.05) is 24.3 Å². The fraction of sp³-hybridized carbons (Fsp3) is 0.214. The average Bonchev–Trinajstić information content (AvgIpc) is 3.20. The normalized spacial score (nSPS) is 14.1. The molecule has 1 aliphatic rings. The molecule has 2 aromatic heterocycles. The Morgan fingerprint density at radius 2 is 1.90 bits per heavy atom. The summed E-state index contributed by atoms with van der Waals surface area (Å²) in [6.45, 7) is 1.59. The molecule has 3 heterocycles. The Kier molecular flexibility index (Phi) is 8.02. The predicted octanol–water partition coefficient (Wildman–Crippen LogP) is 7.21. The van der Waals surface area contributed by atoms with E-state index in [4.69, 9.17) is 23.2 Å². The van der Waals surface area contributed by atoms with Gasteiger partial charge in [-0.2, -0.15) is 0 Å². The van der Waals surface area contributed by atoms with Gasteiger partial charge in [0.15, 0.2) is 11.6 Å². The number of pyridine rings is 1. The number of nitrogens with zero attached hydrogens (tertiary/aromatic N) is 3. The molecule has 4 aromatic rings. The molecule has 0 saturated carbocycles. The summed E-state index contributed by atoms with van der Waals surface area (Å²) in [5.41, 5.74) is 3.05. The van der Waals surface area contributed by atoms with Gasteiger partial charge in [-0.25, -0.2) is 14.2 Å². The summed E-state index contributed by atoms with van der Waals surface area (Å²) in [6, 6.07) is 12.0. The number of fused-ring (bicyclic) bond motifs is 3. The number of aromatic nitrogens is 2. The molecule has 0 fully saturated rings. The van der Waals surface area contributed by atoms with Gasteiger partial charge in [0.25, 0.3) is 0 Å². The molecule has 208 valence electrons. The lowest BCUT2D eigenvalue weighted by atomic mass is 10.0. The molecule has 1 N–H and O–H groups in total. The molecule has 5 rings (SSSR count). The number of amides is 1. The van der Waals surface area contributed by atoms with Crippen molar-refractivity contribution in [2.24, 2.45) is 0 Å². The van der Waals surface area contributed by atoms with Crippen molar-refractivity contribution >= 4 is 46.2 Å². The Hall–Kier alpha value is -3.60. The molecule has 0 spiro atoms. The summed E-state index contributed by atoms with van der Waals surface area (Å²) < 4.78 is 58.9. The van der Waals surface area contributed by atoms with E-state index in [1.165, 1.54) is 10.8 Å². The first-order valence-corrected chi connectivity index (χ1v) is 13.0. The predicted molar refractivity (Wildman–Crippen MR) is 145 cm³/mol. The van der Waals surface area contributed by atoms with E-state index in [0.29, 0.717) is 53.3 Å². The van der Waals surface area contributed by atoms with Gasteiger partial charge < -0.3 is 10.1 Å². The smallest absolute Gasteiger partial charge is 0.403 e. The van der Waals surface area contributed by atoms with Gasteiger partial charge in [0, 0.05) is 61.0 Å². The van der Waals surface area contributed by atoms with Gasteiger partial charge in [-0.3, -0.25) is 9.47 Å². The van der Waals surface area contributed by atoms with E-state index in [1.54, 1.807) is 24.3 Å². The van der Waals surface area contributed by atoms with Gasteiger partial charge >= 0.3 is 12.4 Å². The lowest BCUT2D eigenvalue weighted by Gasteiger charge is -2.27. The summed E-state index contributed by atoms with van der Waals surface area (Å²) in [5.74, 6) is -2.18. The largest absolute Gasteiger partial charge is 0.573 e. The number of benzene rings is 2. The third kappa shape index (κ3) is 6.41. The van der Waals surface area contributed by atoms with E-state index in [0.717, 1.165) is 17.7 Å². The summed E-state index contributed by atoms with van der Waals surface area (Å²) in [4.78, 5) is 19.3. The average molecular weight is 593 g/mol. The lowest BCUT2D eigenvalue weighted by molar-refractivity contribution is -0.275. The van der Waals surface area contributed by atoms with Crippen LogP contribution in [0.1, 0.15) is 22.4 Å². The van der Waals surface area contributed by atoms with Crippen molar-refractivity contribution in [3.8, 4) is 5.75 Å². The number of carbonyl (C=O) groups excluding carboxylic acids is 1. The van der Waals surface area contributed by atoms with Crippen LogP contribution in [-0.2, 0) is 19.5 Å². The Bertz CT molecular complexity index is 1590. The highest BCUT2D eigenvalue weighted by molar-refractivity contribution is 6.30. The molecule has 6 nitrogen and oxygen atoms in total. The fourth-order valence-corrected chi connectivity index (χ4v) is 5.05. The number of halogens is 6. The molecular formula is C28H22Cl2F4N4O2. The van der Waals surface area contributed by atoms with Crippen molar-refractivity contribution < 1.29 is 27.1 Å². The Labute approximate surface area is 236 Å². The zero-order valence-electron chi connectivity index (χ0n) is 20.8. The van der Waals surface area contributed by atoms with Crippen molar-refractivity contribution in [3.63, 3.8) is 0 Å². The van der Waals surface area contributed by atoms with Gasteiger partial charge in [-0.05, 0) is 47.0 Å². The molecular weight excluding hydrogens is 571 g/mol. The van der Waals surface area contributed by atoms with Gasteiger partial charge in [0.2, 0.25) is 0 Å². The van der Waals surface area contributed by atoms with Crippen molar-refractivity contribution in [2.45, 2.75) is 25.9 Å². The lowest BCUT2D eigenvalue weighted by Crippen LogP contribution is -2.34. The second-order valence-corrected chi connectivity index (χ2v) is 10.0.